The molecule has 0 saturated carbocycles. The maximum absolute atomic E-state index is 12.2. The van der Waals surface area contributed by atoms with E-state index in [1.54, 1.807) is 24.3 Å². The van der Waals surface area contributed by atoms with Crippen molar-refractivity contribution in [3.05, 3.63) is 65.7 Å². The van der Waals surface area contributed by atoms with Crippen LogP contribution in [0.15, 0.2) is 54.6 Å². The number of rotatable bonds is 2. The van der Waals surface area contributed by atoms with Crippen LogP contribution in [0.1, 0.15) is 20.7 Å². The number of thiocarbonyl (C=S) groups is 1. The maximum Gasteiger partial charge on any atom is 0.280 e. The normalized spacial score (nSPS) is 13.0. The van der Waals surface area contributed by atoms with Gasteiger partial charge in [-0.3, -0.25) is 15.0 Å². The zero-order chi connectivity index (χ0) is 14.8. The zero-order valence-corrected chi connectivity index (χ0v) is 11.7. The molecule has 1 heterocycles. The predicted octanol–water partition coefficient (Wildman–Crippen LogP) is 2.18. The molecule has 0 spiro atoms. The second-order valence-corrected chi connectivity index (χ2v) is 4.83. The van der Waals surface area contributed by atoms with Crippen molar-refractivity contribution in [1.82, 2.24) is 10.4 Å². The van der Waals surface area contributed by atoms with E-state index in [-0.39, 0.29) is 5.11 Å². The first kappa shape index (κ1) is 13.3. The summed E-state index contributed by atoms with van der Waals surface area (Å²) in [5, 5.41) is 4.01. The first-order valence-electron chi connectivity index (χ1n) is 6.27. The third kappa shape index (κ3) is 2.48. The average Bonchev–Trinajstić information content (AvgIpc) is 2.74. The molecule has 2 aromatic carbocycles. The van der Waals surface area contributed by atoms with Crippen LogP contribution in [0.25, 0.3) is 0 Å². The number of hydrogen-bond acceptors (Lipinski definition) is 3. The quantitative estimate of drug-likeness (QED) is 0.657. The van der Waals surface area contributed by atoms with Gasteiger partial charge < -0.3 is 5.32 Å². The van der Waals surface area contributed by atoms with Crippen LogP contribution >= 0.6 is 12.2 Å². The molecule has 2 N–H and O–H groups in total. The SMILES string of the molecule is O=C1c2ccccc2C(=O)N1NC(=S)Nc1ccccc1. The Bertz CT molecular complexity index is 696. The van der Waals surface area contributed by atoms with Crippen LogP contribution in [-0.4, -0.2) is 21.9 Å². The van der Waals surface area contributed by atoms with Gasteiger partial charge >= 0.3 is 0 Å². The van der Waals surface area contributed by atoms with Gasteiger partial charge in [0.1, 0.15) is 0 Å². The van der Waals surface area contributed by atoms with Gasteiger partial charge in [-0.2, -0.15) is 5.01 Å². The molecule has 0 aliphatic carbocycles. The van der Waals surface area contributed by atoms with E-state index in [2.05, 4.69) is 10.7 Å². The van der Waals surface area contributed by atoms with Crippen LogP contribution in [0, 0.1) is 0 Å². The molecule has 21 heavy (non-hydrogen) atoms. The maximum atomic E-state index is 12.2. The third-order valence-corrected chi connectivity index (χ3v) is 3.23. The first-order valence-corrected chi connectivity index (χ1v) is 6.68. The molecule has 0 unspecified atom stereocenters. The van der Waals surface area contributed by atoms with Crippen molar-refractivity contribution < 1.29 is 9.59 Å². The van der Waals surface area contributed by atoms with Crippen molar-refractivity contribution in [1.29, 1.82) is 0 Å². The molecule has 2 aromatic rings. The molecule has 3 rings (SSSR count). The Balaban J connectivity index is 1.73. The molecule has 6 heteroatoms. The molecule has 2 amide bonds. The van der Waals surface area contributed by atoms with E-state index in [9.17, 15) is 9.59 Å². The lowest BCUT2D eigenvalue weighted by Gasteiger charge is -2.17. The fourth-order valence-corrected chi connectivity index (χ4v) is 2.28. The van der Waals surface area contributed by atoms with E-state index >= 15 is 0 Å². The van der Waals surface area contributed by atoms with Crippen LogP contribution in [0.2, 0.25) is 0 Å². The smallest absolute Gasteiger partial charge is 0.280 e. The van der Waals surface area contributed by atoms with Gasteiger partial charge in [-0.1, -0.05) is 30.3 Å². The summed E-state index contributed by atoms with van der Waals surface area (Å²) in [6.07, 6.45) is 0. The molecular formula is C15H11N3O2S. The number of imide groups is 1. The van der Waals surface area contributed by atoms with Gasteiger partial charge in [-0.05, 0) is 36.5 Å². The minimum Gasteiger partial charge on any atom is -0.331 e. The highest BCUT2D eigenvalue weighted by Crippen LogP contribution is 2.20. The monoisotopic (exact) mass is 297 g/mol. The molecule has 0 aromatic heterocycles. The summed E-state index contributed by atoms with van der Waals surface area (Å²) in [6, 6.07) is 15.9. The van der Waals surface area contributed by atoms with Gasteiger partial charge in [0.15, 0.2) is 5.11 Å². The Labute approximate surface area is 126 Å². The molecule has 1 aliphatic heterocycles. The topological polar surface area (TPSA) is 61.4 Å². The Kier molecular flexibility index (Phi) is 3.37. The number of carbonyl (C=O) groups is 2. The van der Waals surface area contributed by atoms with E-state index in [4.69, 9.17) is 12.2 Å². The van der Waals surface area contributed by atoms with Gasteiger partial charge in [0.2, 0.25) is 0 Å². The standard InChI is InChI=1S/C15H11N3O2S/c19-13-11-8-4-5-9-12(11)14(20)18(13)17-15(21)16-10-6-2-1-3-7-10/h1-9H,(H2,16,17,21). The third-order valence-electron chi connectivity index (χ3n) is 3.04. The van der Waals surface area contributed by atoms with Crippen molar-refractivity contribution in [2.45, 2.75) is 0 Å². The van der Waals surface area contributed by atoms with Crippen LogP contribution in [0.3, 0.4) is 0 Å². The molecule has 0 saturated heterocycles. The summed E-state index contributed by atoms with van der Waals surface area (Å²) in [5.41, 5.74) is 4.14. The predicted molar refractivity (Wildman–Crippen MR) is 82.7 cm³/mol. The molecule has 5 nitrogen and oxygen atoms in total. The van der Waals surface area contributed by atoms with E-state index < -0.39 is 11.8 Å². The summed E-state index contributed by atoms with van der Waals surface area (Å²) in [5.74, 6) is -0.819. The minimum absolute atomic E-state index is 0.177. The Hall–Kier alpha value is -2.73. The molecular weight excluding hydrogens is 286 g/mol. The Morgan fingerprint density at radius 1 is 0.857 bits per heavy atom. The second-order valence-electron chi connectivity index (χ2n) is 4.42. The van der Waals surface area contributed by atoms with E-state index in [0.29, 0.717) is 11.1 Å². The van der Waals surface area contributed by atoms with Gasteiger partial charge in [0, 0.05) is 5.69 Å². The fourth-order valence-electron chi connectivity index (χ4n) is 2.07. The van der Waals surface area contributed by atoms with Gasteiger partial charge in [-0.25, -0.2) is 0 Å². The number of anilines is 1. The lowest BCUT2D eigenvalue weighted by molar-refractivity contribution is 0.0613. The summed E-state index contributed by atoms with van der Waals surface area (Å²) in [7, 11) is 0. The fraction of sp³-hybridized carbons (Fsp3) is 0. The molecule has 0 radical (unpaired) electrons. The first-order chi connectivity index (χ1) is 10.2. The molecule has 0 fully saturated rings. The molecule has 1 aliphatic rings. The summed E-state index contributed by atoms with van der Waals surface area (Å²) in [6.45, 7) is 0. The van der Waals surface area contributed by atoms with Crippen molar-refractivity contribution in [2.75, 3.05) is 5.32 Å². The summed E-state index contributed by atoms with van der Waals surface area (Å²) >= 11 is 5.12. The van der Waals surface area contributed by atoms with E-state index in [1.807, 2.05) is 30.3 Å². The largest absolute Gasteiger partial charge is 0.331 e. The highest BCUT2D eigenvalue weighted by molar-refractivity contribution is 7.80. The Morgan fingerprint density at radius 3 is 1.95 bits per heavy atom. The average molecular weight is 297 g/mol. The second kappa shape index (κ2) is 5.34. The molecule has 0 atom stereocenters. The number of nitrogens with zero attached hydrogens (tertiary/aromatic N) is 1. The van der Waals surface area contributed by atoms with Crippen LogP contribution < -0.4 is 10.7 Å². The molecule has 0 bridgehead atoms. The lowest BCUT2D eigenvalue weighted by Crippen LogP contribution is -2.47. The summed E-state index contributed by atoms with van der Waals surface area (Å²) < 4.78 is 0. The number of hydrogen-bond donors (Lipinski definition) is 2. The van der Waals surface area contributed by atoms with Crippen LogP contribution in [0.5, 0.6) is 0 Å². The van der Waals surface area contributed by atoms with Crippen LogP contribution in [0.4, 0.5) is 5.69 Å². The number of para-hydroxylation sites is 1. The number of carbonyl (C=O) groups excluding carboxylic acids is 2. The minimum atomic E-state index is -0.409. The number of nitrogens with one attached hydrogen (secondary N) is 2. The zero-order valence-electron chi connectivity index (χ0n) is 10.9. The van der Waals surface area contributed by atoms with Gasteiger partial charge in [-0.15, -0.1) is 0 Å². The highest BCUT2D eigenvalue weighted by Gasteiger charge is 2.35. The number of amides is 2. The van der Waals surface area contributed by atoms with Crippen LogP contribution in [-0.2, 0) is 0 Å². The number of hydrazine groups is 1. The highest BCUT2D eigenvalue weighted by atomic mass is 32.1. The number of fused-ring (bicyclic) bond motifs is 1. The summed E-state index contributed by atoms with van der Waals surface area (Å²) in [4.78, 5) is 24.3. The van der Waals surface area contributed by atoms with Crippen molar-refractivity contribution >= 4 is 34.8 Å². The van der Waals surface area contributed by atoms with Gasteiger partial charge in [0.25, 0.3) is 11.8 Å². The lowest BCUT2D eigenvalue weighted by atomic mass is 10.1. The number of benzene rings is 2. The van der Waals surface area contributed by atoms with Gasteiger partial charge in [0.05, 0.1) is 11.1 Å². The van der Waals surface area contributed by atoms with Crippen molar-refractivity contribution in [3.63, 3.8) is 0 Å². The molecule has 104 valence electrons. The Morgan fingerprint density at radius 2 is 1.38 bits per heavy atom. The van der Waals surface area contributed by atoms with E-state index in [0.717, 1.165) is 10.7 Å². The van der Waals surface area contributed by atoms with Crippen molar-refractivity contribution in [3.8, 4) is 0 Å². The van der Waals surface area contributed by atoms with Crippen molar-refractivity contribution in [2.24, 2.45) is 0 Å². The van der Waals surface area contributed by atoms with E-state index in [1.165, 1.54) is 0 Å².